The van der Waals surface area contributed by atoms with E-state index in [1.54, 1.807) is 0 Å². The number of nitrogens with zero attached hydrogens (tertiary/aromatic N) is 2. The summed E-state index contributed by atoms with van der Waals surface area (Å²) in [4.78, 5) is 5.79. The lowest BCUT2D eigenvalue weighted by Gasteiger charge is -2.24. The third-order valence-electron chi connectivity index (χ3n) is 5.31. The summed E-state index contributed by atoms with van der Waals surface area (Å²) >= 11 is 0. The molecule has 0 bridgehead atoms. The molecule has 0 N–H and O–H groups in total. The summed E-state index contributed by atoms with van der Waals surface area (Å²) in [6, 6.07) is 14.4. The maximum absolute atomic E-state index is 7.14. The molecule has 3 nitrogen and oxygen atoms in total. The van der Waals surface area contributed by atoms with Crippen LogP contribution in [0, 0.1) is 6.57 Å². The highest BCUT2D eigenvalue weighted by Gasteiger charge is 2.16. The fourth-order valence-electron chi connectivity index (χ4n) is 3.50. The summed E-state index contributed by atoms with van der Waals surface area (Å²) in [5, 5.41) is 0. The molecule has 26 heavy (non-hydrogen) atoms. The quantitative estimate of drug-likeness (QED) is 0.608. The van der Waals surface area contributed by atoms with Gasteiger partial charge in [0.2, 0.25) is 0 Å². The van der Waals surface area contributed by atoms with Gasteiger partial charge in [0.05, 0.1) is 6.57 Å². The van der Waals surface area contributed by atoms with E-state index in [2.05, 4.69) is 41.9 Å². The average molecular weight is 348 g/mol. The molecule has 3 rings (SSSR count). The van der Waals surface area contributed by atoms with E-state index in [0.717, 1.165) is 37.2 Å². The fourth-order valence-corrected chi connectivity index (χ4v) is 3.50. The summed E-state index contributed by atoms with van der Waals surface area (Å²) in [6.45, 7) is 11.3. The molecule has 0 amide bonds. The zero-order valence-electron chi connectivity index (χ0n) is 15.9. The van der Waals surface area contributed by atoms with E-state index in [4.69, 9.17) is 11.3 Å². The minimum absolute atomic E-state index is 0.00502. The standard InChI is InChI=1S/C23H28N2O/c1-4-25(3)16-15-23(19-9-12-21(24-2)13-10-19)26-22-14-11-18-7-5-6-8-20(18)17-22/h9-14,17,23H,4-8,15-16H2,1,3H3. The molecular weight excluding hydrogens is 320 g/mol. The number of rotatable bonds is 7. The van der Waals surface area contributed by atoms with Crippen LogP contribution in [0.2, 0.25) is 0 Å². The highest BCUT2D eigenvalue weighted by atomic mass is 16.5. The summed E-state index contributed by atoms with van der Waals surface area (Å²) in [5.41, 5.74) is 4.74. The van der Waals surface area contributed by atoms with E-state index in [1.807, 2.05) is 24.3 Å². The smallest absolute Gasteiger partial charge is 0.187 e. The predicted octanol–water partition coefficient (Wildman–Crippen LogP) is 5.58. The van der Waals surface area contributed by atoms with Crippen molar-refractivity contribution in [2.75, 3.05) is 20.1 Å². The van der Waals surface area contributed by atoms with Crippen LogP contribution in [0.5, 0.6) is 5.75 Å². The summed E-state index contributed by atoms with van der Waals surface area (Å²) < 4.78 is 6.43. The second-order valence-corrected chi connectivity index (χ2v) is 7.13. The molecular formula is C23H28N2O. The Morgan fingerprint density at radius 2 is 1.81 bits per heavy atom. The molecule has 0 spiro atoms. The van der Waals surface area contributed by atoms with Crippen molar-refractivity contribution in [1.29, 1.82) is 0 Å². The lowest BCUT2D eigenvalue weighted by molar-refractivity contribution is 0.174. The number of hydrogen-bond donors (Lipinski definition) is 0. The molecule has 1 aliphatic rings. The van der Waals surface area contributed by atoms with E-state index in [-0.39, 0.29) is 6.10 Å². The molecule has 3 heteroatoms. The highest BCUT2D eigenvalue weighted by Crippen LogP contribution is 2.30. The first-order valence-corrected chi connectivity index (χ1v) is 9.64. The zero-order chi connectivity index (χ0) is 18.4. The minimum atomic E-state index is 0.00502. The van der Waals surface area contributed by atoms with Crippen molar-refractivity contribution < 1.29 is 4.74 Å². The third-order valence-corrected chi connectivity index (χ3v) is 5.31. The Hall–Kier alpha value is -2.31. The number of fused-ring (bicyclic) bond motifs is 1. The largest absolute Gasteiger partial charge is 0.486 e. The maximum atomic E-state index is 7.14. The highest BCUT2D eigenvalue weighted by molar-refractivity contribution is 5.46. The second kappa shape index (κ2) is 8.87. The topological polar surface area (TPSA) is 16.8 Å². The van der Waals surface area contributed by atoms with Crippen LogP contribution < -0.4 is 4.74 Å². The van der Waals surface area contributed by atoms with Gasteiger partial charge in [-0.25, -0.2) is 4.85 Å². The molecule has 0 heterocycles. The Morgan fingerprint density at radius 3 is 2.50 bits per heavy atom. The molecule has 0 fully saturated rings. The average Bonchev–Trinajstić information content (AvgIpc) is 2.70. The molecule has 2 aromatic rings. The second-order valence-electron chi connectivity index (χ2n) is 7.13. The van der Waals surface area contributed by atoms with Crippen molar-refractivity contribution in [3.8, 4) is 5.75 Å². The van der Waals surface area contributed by atoms with Gasteiger partial charge in [-0.3, -0.25) is 0 Å². The summed E-state index contributed by atoms with van der Waals surface area (Å²) in [5.74, 6) is 0.962. The van der Waals surface area contributed by atoms with Crippen LogP contribution in [0.1, 0.15) is 49.0 Å². The van der Waals surface area contributed by atoms with Crippen LogP contribution in [0.4, 0.5) is 5.69 Å². The minimum Gasteiger partial charge on any atom is -0.486 e. The first-order chi connectivity index (χ1) is 12.7. The van der Waals surface area contributed by atoms with Crippen LogP contribution >= 0.6 is 0 Å². The van der Waals surface area contributed by atoms with Gasteiger partial charge in [0, 0.05) is 13.0 Å². The Balaban J connectivity index is 1.79. The van der Waals surface area contributed by atoms with Crippen LogP contribution in [-0.2, 0) is 12.8 Å². The van der Waals surface area contributed by atoms with Crippen LogP contribution in [-0.4, -0.2) is 25.0 Å². The molecule has 0 saturated carbocycles. The molecule has 136 valence electrons. The lowest BCUT2D eigenvalue weighted by Crippen LogP contribution is -2.22. The first kappa shape index (κ1) is 18.5. The van der Waals surface area contributed by atoms with Crippen molar-refractivity contribution >= 4 is 5.69 Å². The van der Waals surface area contributed by atoms with Gasteiger partial charge in [0.15, 0.2) is 5.69 Å². The van der Waals surface area contributed by atoms with Crippen LogP contribution in [0.15, 0.2) is 42.5 Å². The van der Waals surface area contributed by atoms with Crippen molar-refractivity contribution in [3.63, 3.8) is 0 Å². The molecule has 0 saturated heterocycles. The molecule has 1 atom stereocenters. The molecule has 0 radical (unpaired) electrons. The number of hydrogen-bond acceptors (Lipinski definition) is 2. The molecule has 0 aromatic heterocycles. The number of aryl methyl sites for hydroxylation is 2. The van der Waals surface area contributed by atoms with Crippen molar-refractivity contribution in [3.05, 3.63) is 70.6 Å². The van der Waals surface area contributed by atoms with Gasteiger partial charge >= 0.3 is 0 Å². The van der Waals surface area contributed by atoms with Crippen LogP contribution in [0.3, 0.4) is 0 Å². The molecule has 2 aromatic carbocycles. The molecule has 1 unspecified atom stereocenters. The maximum Gasteiger partial charge on any atom is 0.187 e. The van der Waals surface area contributed by atoms with Gasteiger partial charge in [-0.05, 0) is 68.1 Å². The van der Waals surface area contributed by atoms with Crippen LogP contribution in [0.25, 0.3) is 4.85 Å². The van der Waals surface area contributed by atoms with Crippen molar-refractivity contribution in [2.24, 2.45) is 0 Å². The SMILES string of the molecule is [C-]#[N+]c1ccc(C(CCN(C)CC)Oc2ccc3c(c2)CCCC3)cc1. The third kappa shape index (κ3) is 4.65. The van der Waals surface area contributed by atoms with Gasteiger partial charge in [0.25, 0.3) is 0 Å². The van der Waals surface area contributed by atoms with Gasteiger partial charge in [-0.2, -0.15) is 0 Å². The number of benzene rings is 2. The summed E-state index contributed by atoms with van der Waals surface area (Å²) in [7, 11) is 2.14. The van der Waals surface area contributed by atoms with E-state index in [9.17, 15) is 0 Å². The summed E-state index contributed by atoms with van der Waals surface area (Å²) in [6.07, 6.45) is 5.86. The van der Waals surface area contributed by atoms with Crippen molar-refractivity contribution in [1.82, 2.24) is 4.90 Å². The predicted molar refractivity (Wildman–Crippen MR) is 107 cm³/mol. The molecule has 0 aliphatic heterocycles. The van der Waals surface area contributed by atoms with E-state index in [0.29, 0.717) is 5.69 Å². The van der Waals surface area contributed by atoms with Gasteiger partial charge in [-0.15, -0.1) is 0 Å². The Bertz CT molecular complexity index is 761. The van der Waals surface area contributed by atoms with Gasteiger partial charge < -0.3 is 9.64 Å². The van der Waals surface area contributed by atoms with E-state index < -0.39 is 0 Å². The van der Waals surface area contributed by atoms with Crippen molar-refractivity contribution in [2.45, 2.75) is 45.1 Å². The Labute approximate surface area is 157 Å². The monoisotopic (exact) mass is 348 g/mol. The first-order valence-electron chi connectivity index (χ1n) is 9.64. The van der Waals surface area contributed by atoms with Gasteiger partial charge in [0.1, 0.15) is 11.9 Å². The van der Waals surface area contributed by atoms with Gasteiger partial charge in [-0.1, -0.05) is 37.3 Å². The Kier molecular flexibility index (Phi) is 6.30. The fraction of sp³-hybridized carbons (Fsp3) is 0.435. The Morgan fingerprint density at radius 1 is 1.08 bits per heavy atom. The molecule has 1 aliphatic carbocycles. The van der Waals surface area contributed by atoms with E-state index in [1.165, 1.54) is 30.4 Å². The van der Waals surface area contributed by atoms with E-state index >= 15 is 0 Å². The normalized spacial score (nSPS) is 14.5. The number of ether oxygens (including phenoxy) is 1. The lowest BCUT2D eigenvalue weighted by atomic mass is 9.92. The zero-order valence-corrected chi connectivity index (χ0v) is 15.9.